The second-order valence-electron chi connectivity index (χ2n) is 6.05. The Morgan fingerprint density at radius 1 is 1.21 bits per heavy atom. The summed E-state index contributed by atoms with van der Waals surface area (Å²) in [5.41, 5.74) is 8.54. The van der Waals surface area contributed by atoms with Gasteiger partial charge in [0.25, 0.3) is 0 Å². The molecule has 1 aliphatic carbocycles. The van der Waals surface area contributed by atoms with E-state index in [9.17, 15) is 0 Å². The molecule has 3 rings (SSSR count). The number of nitrogens with two attached hydrogens (primary N) is 1. The maximum atomic E-state index is 6.02. The number of benzene rings is 1. The fraction of sp³-hybridized carbons (Fsp3) is 0.625. The zero-order chi connectivity index (χ0) is 13.2. The van der Waals surface area contributed by atoms with Crippen LogP contribution in [-0.4, -0.2) is 25.7 Å². The lowest BCUT2D eigenvalue weighted by Gasteiger charge is -2.33. The molecule has 1 aromatic rings. The minimum Gasteiger partial charge on any atom is -0.491 e. The molecule has 2 fully saturated rings. The molecule has 1 saturated heterocycles. The summed E-state index contributed by atoms with van der Waals surface area (Å²) in [5.74, 6) is 1.84. The third-order valence-corrected chi connectivity index (χ3v) is 4.17. The second kappa shape index (κ2) is 5.41. The molecule has 0 spiro atoms. The monoisotopic (exact) mass is 260 g/mol. The molecule has 3 heteroatoms. The number of nitrogens with zero attached hydrogens (tertiary/aromatic N) is 1. The van der Waals surface area contributed by atoms with Crippen LogP contribution in [0.5, 0.6) is 5.75 Å². The Kier molecular flexibility index (Phi) is 3.65. The van der Waals surface area contributed by atoms with Crippen LogP contribution in [0.15, 0.2) is 18.2 Å². The highest BCUT2D eigenvalue weighted by molar-refractivity contribution is 5.60. The van der Waals surface area contributed by atoms with Crippen LogP contribution in [0, 0.1) is 12.8 Å². The minimum absolute atomic E-state index is 0.372. The van der Waals surface area contributed by atoms with Crippen LogP contribution in [-0.2, 0) is 0 Å². The zero-order valence-corrected chi connectivity index (χ0v) is 11.8. The number of hydrogen-bond donors (Lipinski definition) is 1. The van der Waals surface area contributed by atoms with E-state index in [0.717, 1.165) is 44.2 Å². The molecule has 0 radical (unpaired) electrons. The summed E-state index contributed by atoms with van der Waals surface area (Å²) < 4.78 is 6.02. The minimum atomic E-state index is 0.372. The summed E-state index contributed by atoms with van der Waals surface area (Å²) in [7, 11) is 0. The lowest BCUT2D eigenvalue weighted by molar-refractivity contribution is 0.299. The highest BCUT2D eigenvalue weighted by Gasteiger charge is 2.24. The van der Waals surface area contributed by atoms with Crippen LogP contribution >= 0.6 is 0 Å². The van der Waals surface area contributed by atoms with E-state index in [2.05, 4.69) is 30.0 Å². The van der Waals surface area contributed by atoms with Gasteiger partial charge in [0.1, 0.15) is 5.75 Å². The van der Waals surface area contributed by atoms with Crippen molar-refractivity contribution in [1.29, 1.82) is 0 Å². The maximum absolute atomic E-state index is 6.02. The van der Waals surface area contributed by atoms with Gasteiger partial charge in [0, 0.05) is 19.1 Å². The Labute approximate surface area is 115 Å². The van der Waals surface area contributed by atoms with Crippen molar-refractivity contribution in [3.63, 3.8) is 0 Å². The summed E-state index contributed by atoms with van der Waals surface area (Å²) >= 11 is 0. The first kappa shape index (κ1) is 12.8. The Morgan fingerprint density at radius 2 is 1.95 bits per heavy atom. The molecule has 19 heavy (non-hydrogen) atoms. The average molecular weight is 260 g/mol. The van der Waals surface area contributed by atoms with Crippen molar-refractivity contribution in [2.24, 2.45) is 11.7 Å². The average Bonchev–Trinajstić information content (AvgIpc) is 3.22. The molecule has 0 amide bonds. The largest absolute Gasteiger partial charge is 0.491 e. The smallest absolute Gasteiger partial charge is 0.142 e. The molecule has 2 aliphatic rings. The third kappa shape index (κ3) is 3.21. The van der Waals surface area contributed by atoms with Crippen molar-refractivity contribution in [1.82, 2.24) is 0 Å². The van der Waals surface area contributed by atoms with Gasteiger partial charge in [0.05, 0.1) is 12.3 Å². The van der Waals surface area contributed by atoms with E-state index in [-0.39, 0.29) is 0 Å². The van der Waals surface area contributed by atoms with E-state index in [0.29, 0.717) is 6.04 Å². The lowest BCUT2D eigenvalue weighted by Crippen LogP contribution is -2.39. The van der Waals surface area contributed by atoms with Crippen LogP contribution in [0.4, 0.5) is 5.69 Å². The lowest BCUT2D eigenvalue weighted by atomic mass is 10.0. The van der Waals surface area contributed by atoms with Crippen LogP contribution in [0.25, 0.3) is 0 Å². The number of hydrogen-bond acceptors (Lipinski definition) is 3. The van der Waals surface area contributed by atoms with Gasteiger partial charge in [-0.3, -0.25) is 0 Å². The highest BCUT2D eigenvalue weighted by atomic mass is 16.5. The van der Waals surface area contributed by atoms with E-state index >= 15 is 0 Å². The van der Waals surface area contributed by atoms with Crippen LogP contribution in [0.3, 0.4) is 0 Å². The normalized spacial score (nSPS) is 20.6. The summed E-state index contributed by atoms with van der Waals surface area (Å²) in [6, 6.07) is 6.89. The van der Waals surface area contributed by atoms with Gasteiger partial charge in [-0.25, -0.2) is 0 Å². The van der Waals surface area contributed by atoms with Crippen LogP contribution in [0.1, 0.15) is 31.2 Å². The quantitative estimate of drug-likeness (QED) is 0.904. The molecule has 1 heterocycles. The fourth-order valence-electron chi connectivity index (χ4n) is 2.63. The topological polar surface area (TPSA) is 38.5 Å². The van der Waals surface area contributed by atoms with Gasteiger partial charge in [0.2, 0.25) is 0 Å². The Hall–Kier alpha value is -1.22. The van der Waals surface area contributed by atoms with E-state index in [1.165, 1.54) is 24.1 Å². The number of ether oxygens (including phenoxy) is 1. The molecule has 2 N–H and O–H groups in total. The molecule has 0 aromatic heterocycles. The van der Waals surface area contributed by atoms with Gasteiger partial charge in [-0.1, -0.05) is 6.07 Å². The van der Waals surface area contributed by atoms with Gasteiger partial charge in [0.15, 0.2) is 0 Å². The Morgan fingerprint density at radius 3 is 2.63 bits per heavy atom. The van der Waals surface area contributed by atoms with E-state index in [1.54, 1.807) is 0 Å². The third-order valence-electron chi connectivity index (χ3n) is 4.17. The fourth-order valence-corrected chi connectivity index (χ4v) is 2.63. The molecule has 1 aliphatic heterocycles. The Balaban J connectivity index is 1.74. The highest BCUT2D eigenvalue weighted by Crippen LogP contribution is 2.34. The zero-order valence-electron chi connectivity index (χ0n) is 11.8. The molecule has 0 bridgehead atoms. The SMILES string of the molecule is Cc1ccc(OCC2CC2)c(N2CCC(N)CC2)c1. The van der Waals surface area contributed by atoms with E-state index < -0.39 is 0 Å². The molecular weight excluding hydrogens is 236 g/mol. The van der Waals surface area contributed by atoms with Gasteiger partial charge >= 0.3 is 0 Å². The van der Waals surface area contributed by atoms with Gasteiger partial charge in [-0.2, -0.15) is 0 Å². The van der Waals surface area contributed by atoms with Gasteiger partial charge in [-0.05, 0) is 56.2 Å². The summed E-state index contributed by atoms with van der Waals surface area (Å²) in [4.78, 5) is 2.43. The van der Waals surface area contributed by atoms with Crippen molar-refractivity contribution in [2.75, 3.05) is 24.6 Å². The van der Waals surface area contributed by atoms with Gasteiger partial charge < -0.3 is 15.4 Å². The van der Waals surface area contributed by atoms with Crippen molar-refractivity contribution < 1.29 is 4.74 Å². The second-order valence-corrected chi connectivity index (χ2v) is 6.05. The predicted molar refractivity (Wildman–Crippen MR) is 78.8 cm³/mol. The number of piperidine rings is 1. The predicted octanol–water partition coefficient (Wildman–Crippen LogP) is 2.71. The van der Waals surface area contributed by atoms with Gasteiger partial charge in [-0.15, -0.1) is 0 Å². The summed E-state index contributed by atoms with van der Waals surface area (Å²) in [6.45, 7) is 5.11. The molecule has 3 nitrogen and oxygen atoms in total. The number of anilines is 1. The van der Waals surface area contributed by atoms with Crippen LogP contribution < -0.4 is 15.4 Å². The van der Waals surface area contributed by atoms with Crippen LogP contribution in [0.2, 0.25) is 0 Å². The van der Waals surface area contributed by atoms with Crippen molar-refractivity contribution >= 4 is 5.69 Å². The first-order valence-corrected chi connectivity index (χ1v) is 7.46. The van der Waals surface area contributed by atoms with Crippen molar-refractivity contribution in [2.45, 2.75) is 38.6 Å². The molecule has 0 unspecified atom stereocenters. The first-order chi connectivity index (χ1) is 9.22. The number of rotatable bonds is 4. The first-order valence-electron chi connectivity index (χ1n) is 7.46. The molecule has 0 atom stereocenters. The van der Waals surface area contributed by atoms with E-state index in [4.69, 9.17) is 10.5 Å². The maximum Gasteiger partial charge on any atom is 0.142 e. The summed E-state index contributed by atoms with van der Waals surface area (Å²) in [5, 5.41) is 0. The molecule has 104 valence electrons. The Bertz CT molecular complexity index is 434. The van der Waals surface area contributed by atoms with Crippen molar-refractivity contribution in [3.8, 4) is 5.75 Å². The molecular formula is C16H24N2O. The summed E-state index contributed by atoms with van der Waals surface area (Å²) in [6.07, 6.45) is 4.82. The molecule has 1 saturated carbocycles. The molecule has 1 aromatic carbocycles. The van der Waals surface area contributed by atoms with E-state index in [1.807, 2.05) is 0 Å². The standard InChI is InChI=1S/C16H24N2O/c1-12-2-5-16(19-11-13-3-4-13)15(10-12)18-8-6-14(17)7-9-18/h2,5,10,13-14H,3-4,6-9,11,17H2,1H3. The number of aryl methyl sites for hydroxylation is 1. The van der Waals surface area contributed by atoms with Crippen molar-refractivity contribution in [3.05, 3.63) is 23.8 Å².